The highest BCUT2D eigenvalue weighted by Gasteiger charge is 2.50. The first-order chi connectivity index (χ1) is 14.6. The van der Waals surface area contributed by atoms with Crippen LogP contribution < -0.4 is 4.74 Å². The predicted molar refractivity (Wildman–Crippen MR) is 119 cm³/mol. The number of fused-ring (bicyclic) bond motifs is 1. The molecular formula is C26H31NO3. The van der Waals surface area contributed by atoms with Crippen LogP contribution in [0.15, 0.2) is 60.7 Å². The summed E-state index contributed by atoms with van der Waals surface area (Å²) in [6.07, 6.45) is 8.04. The summed E-state index contributed by atoms with van der Waals surface area (Å²) in [6, 6.07) is 17.7. The Morgan fingerprint density at radius 3 is 2.70 bits per heavy atom. The van der Waals surface area contributed by atoms with E-state index in [1.807, 2.05) is 66.4 Å². The first-order valence-electron chi connectivity index (χ1n) is 11.1. The smallest absolute Gasteiger partial charge is 0.247 e. The number of piperidine rings is 1. The molecule has 0 spiro atoms. The summed E-state index contributed by atoms with van der Waals surface area (Å²) in [4.78, 5) is 15.3. The van der Waals surface area contributed by atoms with Gasteiger partial charge in [-0.15, -0.1) is 0 Å². The molecule has 0 unspecified atom stereocenters. The third kappa shape index (κ3) is 4.15. The van der Waals surface area contributed by atoms with Crippen LogP contribution in [0, 0.1) is 5.92 Å². The van der Waals surface area contributed by atoms with Crippen LogP contribution in [0.3, 0.4) is 0 Å². The second kappa shape index (κ2) is 9.05. The lowest BCUT2D eigenvalue weighted by Crippen LogP contribution is -2.56. The van der Waals surface area contributed by atoms with Gasteiger partial charge in [0, 0.05) is 24.1 Å². The van der Waals surface area contributed by atoms with Gasteiger partial charge in [0.1, 0.15) is 5.75 Å². The molecule has 1 saturated heterocycles. The average molecular weight is 406 g/mol. The molecule has 1 aliphatic heterocycles. The summed E-state index contributed by atoms with van der Waals surface area (Å²) >= 11 is 0. The van der Waals surface area contributed by atoms with E-state index in [1.165, 1.54) is 0 Å². The number of aliphatic hydroxyl groups is 1. The van der Waals surface area contributed by atoms with Gasteiger partial charge in [0.2, 0.25) is 5.91 Å². The fourth-order valence-corrected chi connectivity index (χ4v) is 5.15. The van der Waals surface area contributed by atoms with Crippen LogP contribution in [-0.4, -0.2) is 34.7 Å². The number of hydrogen-bond acceptors (Lipinski definition) is 3. The van der Waals surface area contributed by atoms with E-state index in [0.717, 1.165) is 42.6 Å². The molecular weight excluding hydrogens is 374 g/mol. The van der Waals surface area contributed by atoms with Crippen LogP contribution in [-0.2, 0) is 4.79 Å². The van der Waals surface area contributed by atoms with Gasteiger partial charge >= 0.3 is 0 Å². The van der Waals surface area contributed by atoms with E-state index in [9.17, 15) is 9.90 Å². The maximum absolute atomic E-state index is 13.3. The van der Waals surface area contributed by atoms with Gasteiger partial charge in [-0.2, -0.15) is 0 Å². The topological polar surface area (TPSA) is 49.8 Å². The van der Waals surface area contributed by atoms with Crippen molar-refractivity contribution in [1.82, 2.24) is 4.90 Å². The SMILES string of the molecule is CCOc1ccccc1[C@H]1[C@@H]2CCCC[C@]2(O)CCN1C(=O)C=Cc1ccccc1. The first-order valence-corrected chi connectivity index (χ1v) is 11.1. The van der Waals surface area contributed by atoms with Gasteiger partial charge in [-0.1, -0.05) is 61.4 Å². The molecule has 2 aromatic rings. The Morgan fingerprint density at radius 1 is 1.13 bits per heavy atom. The summed E-state index contributed by atoms with van der Waals surface area (Å²) in [7, 11) is 0. The molecule has 0 aromatic heterocycles. The van der Waals surface area contributed by atoms with Crippen molar-refractivity contribution in [3.8, 4) is 5.75 Å². The minimum Gasteiger partial charge on any atom is -0.494 e. The molecule has 1 aliphatic carbocycles. The Bertz CT molecular complexity index is 894. The Hall–Kier alpha value is -2.59. The third-order valence-corrected chi connectivity index (χ3v) is 6.61. The highest BCUT2D eigenvalue weighted by Crippen LogP contribution is 2.50. The number of carbonyl (C=O) groups excluding carboxylic acids is 1. The van der Waals surface area contributed by atoms with Crippen LogP contribution in [0.2, 0.25) is 0 Å². The van der Waals surface area contributed by atoms with Crippen LogP contribution in [0.4, 0.5) is 0 Å². The molecule has 1 N–H and O–H groups in total. The summed E-state index contributed by atoms with van der Waals surface area (Å²) in [5.41, 5.74) is 1.30. The third-order valence-electron chi connectivity index (χ3n) is 6.61. The predicted octanol–water partition coefficient (Wildman–Crippen LogP) is 4.99. The second-order valence-electron chi connectivity index (χ2n) is 8.40. The van der Waals surface area contributed by atoms with E-state index in [4.69, 9.17) is 4.74 Å². The van der Waals surface area contributed by atoms with Gasteiger partial charge in [0.15, 0.2) is 0 Å². The zero-order chi connectivity index (χ0) is 21.0. The summed E-state index contributed by atoms with van der Waals surface area (Å²) in [5, 5.41) is 11.5. The lowest BCUT2D eigenvalue weighted by atomic mass is 9.66. The molecule has 4 rings (SSSR count). The van der Waals surface area contributed by atoms with Crippen LogP contribution >= 0.6 is 0 Å². The monoisotopic (exact) mass is 405 g/mol. The van der Waals surface area contributed by atoms with Crippen LogP contribution in [0.25, 0.3) is 6.08 Å². The molecule has 3 atom stereocenters. The number of amides is 1. The van der Waals surface area contributed by atoms with Crippen molar-refractivity contribution >= 4 is 12.0 Å². The molecule has 30 heavy (non-hydrogen) atoms. The van der Waals surface area contributed by atoms with Crippen molar-refractivity contribution in [3.05, 3.63) is 71.8 Å². The standard InChI is InChI=1S/C26H31NO3/c1-2-30-23-14-7-6-12-21(23)25-22-13-8-9-17-26(22,29)18-19-27(25)24(28)16-15-20-10-4-3-5-11-20/h3-7,10-12,14-16,22,25,29H,2,8-9,13,17-19H2,1H3/t22-,25-,26-/m0/s1. The first kappa shape index (κ1) is 20.7. The largest absolute Gasteiger partial charge is 0.494 e. The number of benzene rings is 2. The van der Waals surface area contributed by atoms with Crippen molar-refractivity contribution in [3.63, 3.8) is 0 Å². The minimum atomic E-state index is -0.706. The molecule has 0 radical (unpaired) electrons. The Morgan fingerprint density at radius 2 is 1.90 bits per heavy atom. The summed E-state index contributed by atoms with van der Waals surface area (Å²) < 4.78 is 5.92. The van der Waals surface area contributed by atoms with Crippen LogP contribution in [0.1, 0.15) is 56.2 Å². The molecule has 158 valence electrons. The number of nitrogens with zero attached hydrogens (tertiary/aromatic N) is 1. The van der Waals surface area contributed by atoms with E-state index >= 15 is 0 Å². The summed E-state index contributed by atoms with van der Waals surface area (Å²) in [5.74, 6) is 0.822. The van der Waals surface area contributed by atoms with Crippen molar-refractivity contribution in [2.45, 2.75) is 50.7 Å². The number of carbonyl (C=O) groups is 1. The van der Waals surface area contributed by atoms with Crippen LogP contribution in [0.5, 0.6) is 5.75 Å². The van der Waals surface area contributed by atoms with E-state index in [-0.39, 0.29) is 17.9 Å². The minimum absolute atomic E-state index is 0.0113. The van der Waals surface area contributed by atoms with Gasteiger partial charge < -0.3 is 14.7 Å². The second-order valence-corrected chi connectivity index (χ2v) is 8.40. The van der Waals surface area contributed by atoms with E-state index < -0.39 is 5.60 Å². The van der Waals surface area contributed by atoms with E-state index in [2.05, 4.69) is 6.07 Å². The molecule has 0 bridgehead atoms. The Kier molecular flexibility index (Phi) is 6.24. The van der Waals surface area contributed by atoms with Gasteiger partial charge in [-0.25, -0.2) is 0 Å². The van der Waals surface area contributed by atoms with Crippen molar-refractivity contribution in [2.75, 3.05) is 13.2 Å². The highest BCUT2D eigenvalue weighted by atomic mass is 16.5. The van der Waals surface area contributed by atoms with Crippen molar-refractivity contribution in [1.29, 1.82) is 0 Å². The fourth-order valence-electron chi connectivity index (χ4n) is 5.15. The van der Waals surface area contributed by atoms with Gasteiger partial charge in [-0.05, 0) is 43.9 Å². The maximum Gasteiger partial charge on any atom is 0.247 e. The van der Waals surface area contributed by atoms with E-state index in [0.29, 0.717) is 19.6 Å². The molecule has 2 aromatic carbocycles. The highest BCUT2D eigenvalue weighted by molar-refractivity contribution is 5.92. The van der Waals surface area contributed by atoms with Gasteiger partial charge in [-0.3, -0.25) is 4.79 Å². The molecule has 2 aliphatic rings. The number of ether oxygens (including phenoxy) is 1. The zero-order valence-electron chi connectivity index (χ0n) is 17.7. The quantitative estimate of drug-likeness (QED) is 0.713. The molecule has 4 nitrogen and oxygen atoms in total. The van der Waals surface area contributed by atoms with Crippen molar-refractivity contribution < 1.29 is 14.6 Å². The van der Waals surface area contributed by atoms with Crippen molar-refractivity contribution in [2.24, 2.45) is 5.92 Å². The molecule has 1 saturated carbocycles. The number of rotatable bonds is 5. The zero-order valence-corrected chi connectivity index (χ0v) is 17.7. The van der Waals surface area contributed by atoms with E-state index in [1.54, 1.807) is 6.08 Å². The Labute approximate surface area is 179 Å². The Balaban J connectivity index is 1.70. The molecule has 1 heterocycles. The summed E-state index contributed by atoms with van der Waals surface area (Å²) in [6.45, 7) is 3.09. The number of para-hydroxylation sites is 1. The fraction of sp³-hybridized carbons (Fsp3) is 0.423. The lowest BCUT2D eigenvalue weighted by Gasteiger charge is -2.52. The molecule has 4 heteroatoms. The molecule has 1 amide bonds. The average Bonchev–Trinajstić information content (AvgIpc) is 2.78. The molecule has 2 fully saturated rings. The number of likely N-dealkylation sites (tertiary alicyclic amines) is 1. The lowest BCUT2D eigenvalue weighted by molar-refractivity contribution is -0.151. The normalized spacial score (nSPS) is 26.4. The van der Waals surface area contributed by atoms with Gasteiger partial charge in [0.05, 0.1) is 18.2 Å². The maximum atomic E-state index is 13.3. The number of hydrogen-bond donors (Lipinski definition) is 1. The van der Waals surface area contributed by atoms with Gasteiger partial charge in [0.25, 0.3) is 0 Å².